The number of amides is 2. The second-order valence-corrected chi connectivity index (χ2v) is 7.55. The molecule has 1 rings (SSSR count). The summed E-state index contributed by atoms with van der Waals surface area (Å²) in [5.74, 6) is -0.356. The molecule has 158 valence electrons. The second kappa shape index (κ2) is 11.9. The van der Waals surface area contributed by atoms with Gasteiger partial charge in [-0.2, -0.15) is 0 Å². The predicted octanol–water partition coefficient (Wildman–Crippen LogP) is 3.29. The molecule has 0 spiro atoms. The van der Waals surface area contributed by atoms with Crippen LogP contribution in [0.1, 0.15) is 40.2 Å². The molecular formula is C20H31ClN2O5. The summed E-state index contributed by atoms with van der Waals surface area (Å²) in [5.41, 5.74) is 0.187. The molecule has 1 aromatic rings. The third-order valence-corrected chi connectivity index (χ3v) is 3.76. The zero-order valence-corrected chi connectivity index (χ0v) is 18.0. The molecule has 1 aromatic carbocycles. The molecule has 2 amide bonds. The Labute approximate surface area is 172 Å². The van der Waals surface area contributed by atoms with Crippen LogP contribution in [-0.2, 0) is 25.4 Å². The van der Waals surface area contributed by atoms with Crippen molar-refractivity contribution < 1.29 is 23.8 Å². The lowest BCUT2D eigenvalue weighted by Gasteiger charge is -2.24. The minimum Gasteiger partial charge on any atom is -0.444 e. The van der Waals surface area contributed by atoms with E-state index in [2.05, 4.69) is 10.6 Å². The van der Waals surface area contributed by atoms with E-state index >= 15 is 0 Å². The molecule has 1 atom stereocenters. The molecule has 0 saturated carbocycles. The van der Waals surface area contributed by atoms with Crippen LogP contribution in [0, 0.1) is 0 Å². The molecule has 0 radical (unpaired) electrons. The van der Waals surface area contributed by atoms with E-state index in [0.29, 0.717) is 18.2 Å². The van der Waals surface area contributed by atoms with Gasteiger partial charge in [-0.25, -0.2) is 4.79 Å². The Bertz CT molecular complexity index is 610. The van der Waals surface area contributed by atoms with Crippen LogP contribution >= 0.6 is 11.6 Å². The Balaban J connectivity index is 2.81. The van der Waals surface area contributed by atoms with Crippen LogP contribution in [0.2, 0.25) is 5.02 Å². The second-order valence-electron chi connectivity index (χ2n) is 7.11. The molecule has 0 fully saturated rings. The summed E-state index contributed by atoms with van der Waals surface area (Å²) in [6, 6.07) is 6.27. The van der Waals surface area contributed by atoms with Gasteiger partial charge in [-0.1, -0.05) is 23.7 Å². The first-order valence-corrected chi connectivity index (χ1v) is 9.77. The van der Waals surface area contributed by atoms with Gasteiger partial charge in [0.1, 0.15) is 11.6 Å². The van der Waals surface area contributed by atoms with Crippen LogP contribution in [0.5, 0.6) is 0 Å². The minimum absolute atomic E-state index is 0.174. The van der Waals surface area contributed by atoms with E-state index in [1.54, 1.807) is 32.9 Å². The Morgan fingerprint density at radius 2 is 1.64 bits per heavy atom. The number of rotatable bonds is 10. The first-order chi connectivity index (χ1) is 13.1. The maximum atomic E-state index is 12.7. The summed E-state index contributed by atoms with van der Waals surface area (Å²) in [6.07, 6.45) is -0.916. The van der Waals surface area contributed by atoms with Gasteiger partial charge >= 0.3 is 6.09 Å². The lowest BCUT2D eigenvalue weighted by atomic mass is 10.1. The maximum Gasteiger partial charge on any atom is 0.408 e. The zero-order chi connectivity index (χ0) is 21.2. The lowest BCUT2D eigenvalue weighted by molar-refractivity contribution is -0.141. The van der Waals surface area contributed by atoms with Crippen molar-refractivity contribution in [3.05, 3.63) is 34.9 Å². The molecular weight excluding hydrogens is 384 g/mol. The number of benzene rings is 1. The number of hydrogen-bond acceptors (Lipinski definition) is 5. The van der Waals surface area contributed by atoms with Crippen molar-refractivity contribution in [1.82, 2.24) is 10.6 Å². The number of carbonyl (C=O) groups excluding carboxylic acids is 2. The Morgan fingerprint density at radius 1 is 1.07 bits per heavy atom. The largest absolute Gasteiger partial charge is 0.444 e. The highest BCUT2D eigenvalue weighted by molar-refractivity contribution is 6.30. The maximum absolute atomic E-state index is 12.7. The minimum atomic E-state index is -0.820. The number of ether oxygens (including phenoxy) is 3. The highest BCUT2D eigenvalue weighted by Gasteiger charge is 2.25. The zero-order valence-electron chi connectivity index (χ0n) is 17.2. The van der Waals surface area contributed by atoms with Crippen molar-refractivity contribution in [1.29, 1.82) is 0 Å². The van der Waals surface area contributed by atoms with Crippen LogP contribution in [0.4, 0.5) is 4.79 Å². The normalized spacial score (nSPS) is 12.5. The number of carbonyl (C=O) groups is 2. The lowest BCUT2D eigenvalue weighted by Crippen LogP contribution is -2.50. The summed E-state index contributed by atoms with van der Waals surface area (Å²) in [7, 11) is 0. The fourth-order valence-electron chi connectivity index (χ4n) is 2.36. The average molecular weight is 415 g/mol. The summed E-state index contributed by atoms with van der Waals surface area (Å²) < 4.78 is 16.1. The highest BCUT2D eigenvalue weighted by atomic mass is 35.5. The third kappa shape index (κ3) is 9.92. The number of nitrogens with one attached hydrogen (secondary N) is 2. The van der Waals surface area contributed by atoms with Gasteiger partial charge in [0, 0.05) is 24.7 Å². The van der Waals surface area contributed by atoms with Crippen molar-refractivity contribution in [2.45, 2.75) is 59.0 Å². The fourth-order valence-corrected chi connectivity index (χ4v) is 2.49. The third-order valence-electron chi connectivity index (χ3n) is 3.51. The van der Waals surface area contributed by atoms with Crippen molar-refractivity contribution in [2.24, 2.45) is 0 Å². The molecule has 1 unspecified atom stereocenters. The number of alkyl carbamates (subject to hydrolysis) is 1. The summed E-state index contributed by atoms with van der Waals surface area (Å²) in [6.45, 7) is 10.1. The number of hydrogen-bond donors (Lipinski definition) is 2. The SMILES string of the molecule is CCOC(CNC(=O)C(Cc1ccc(Cl)cc1)NC(=O)OC(C)(C)C)OCC. The molecule has 8 heteroatoms. The van der Waals surface area contributed by atoms with E-state index in [1.807, 2.05) is 26.0 Å². The van der Waals surface area contributed by atoms with E-state index in [-0.39, 0.29) is 18.9 Å². The average Bonchev–Trinajstić information content (AvgIpc) is 2.59. The smallest absolute Gasteiger partial charge is 0.408 e. The first-order valence-electron chi connectivity index (χ1n) is 9.39. The van der Waals surface area contributed by atoms with Gasteiger partial charge in [0.15, 0.2) is 6.29 Å². The molecule has 0 aromatic heterocycles. The Morgan fingerprint density at radius 3 is 2.14 bits per heavy atom. The van der Waals surface area contributed by atoms with E-state index in [4.69, 9.17) is 25.8 Å². The van der Waals surface area contributed by atoms with E-state index in [9.17, 15) is 9.59 Å². The van der Waals surface area contributed by atoms with Crippen LogP contribution < -0.4 is 10.6 Å². The molecule has 7 nitrogen and oxygen atoms in total. The van der Waals surface area contributed by atoms with Crippen molar-refractivity contribution in [3.8, 4) is 0 Å². The number of halogens is 1. The molecule has 0 aliphatic heterocycles. The van der Waals surface area contributed by atoms with Crippen LogP contribution in [-0.4, -0.2) is 49.7 Å². The predicted molar refractivity (Wildman–Crippen MR) is 108 cm³/mol. The van der Waals surface area contributed by atoms with Gasteiger partial charge in [-0.3, -0.25) is 4.79 Å². The summed E-state index contributed by atoms with van der Waals surface area (Å²) in [5, 5.41) is 6.00. The molecule has 0 bridgehead atoms. The topological polar surface area (TPSA) is 85.9 Å². The van der Waals surface area contributed by atoms with Crippen LogP contribution in [0.25, 0.3) is 0 Å². The van der Waals surface area contributed by atoms with Gasteiger partial charge in [-0.05, 0) is 52.3 Å². The monoisotopic (exact) mass is 414 g/mol. The molecule has 2 N–H and O–H groups in total. The van der Waals surface area contributed by atoms with Gasteiger partial charge in [0.2, 0.25) is 5.91 Å². The van der Waals surface area contributed by atoms with E-state index in [1.165, 1.54) is 0 Å². The summed E-state index contributed by atoms with van der Waals surface area (Å²) >= 11 is 5.91. The quantitative estimate of drug-likeness (QED) is 0.574. The fraction of sp³-hybridized carbons (Fsp3) is 0.600. The van der Waals surface area contributed by atoms with Gasteiger partial charge in [-0.15, -0.1) is 0 Å². The van der Waals surface area contributed by atoms with Gasteiger partial charge < -0.3 is 24.8 Å². The van der Waals surface area contributed by atoms with Gasteiger partial charge in [0.25, 0.3) is 0 Å². The van der Waals surface area contributed by atoms with Crippen molar-refractivity contribution in [2.75, 3.05) is 19.8 Å². The highest BCUT2D eigenvalue weighted by Crippen LogP contribution is 2.12. The van der Waals surface area contributed by atoms with E-state index in [0.717, 1.165) is 5.56 Å². The molecule has 0 aliphatic carbocycles. The van der Waals surface area contributed by atoms with Crippen molar-refractivity contribution >= 4 is 23.6 Å². The molecule has 0 heterocycles. The van der Waals surface area contributed by atoms with Gasteiger partial charge in [0.05, 0.1) is 6.54 Å². The molecule has 0 saturated heterocycles. The van der Waals surface area contributed by atoms with Crippen molar-refractivity contribution in [3.63, 3.8) is 0 Å². The molecule has 28 heavy (non-hydrogen) atoms. The Hall–Kier alpha value is -1.83. The van der Waals surface area contributed by atoms with E-state index < -0.39 is 24.0 Å². The standard InChI is InChI=1S/C20H31ClN2O5/c1-6-26-17(27-7-2)13-22-18(24)16(23-19(25)28-20(3,4)5)12-14-8-10-15(21)11-9-14/h8-11,16-17H,6-7,12-13H2,1-5H3,(H,22,24)(H,23,25). The van der Waals surface area contributed by atoms with Crippen LogP contribution in [0.3, 0.4) is 0 Å². The summed E-state index contributed by atoms with van der Waals surface area (Å²) in [4.78, 5) is 24.9. The first kappa shape index (κ1) is 24.2. The van der Waals surface area contributed by atoms with Crippen LogP contribution in [0.15, 0.2) is 24.3 Å². The molecule has 0 aliphatic rings. The Kier molecular flexibility index (Phi) is 10.3.